The predicted molar refractivity (Wildman–Crippen MR) is 116 cm³/mol. The molecule has 1 aromatic carbocycles. The highest BCUT2D eigenvalue weighted by molar-refractivity contribution is 5.27. The van der Waals surface area contributed by atoms with Crippen LogP contribution >= 0.6 is 0 Å². The van der Waals surface area contributed by atoms with Crippen LogP contribution in [0.25, 0.3) is 0 Å². The van der Waals surface area contributed by atoms with Gasteiger partial charge in [-0.25, -0.2) is 0 Å². The first-order chi connectivity index (χ1) is 14.0. The van der Waals surface area contributed by atoms with Crippen LogP contribution in [-0.2, 0) is 19.6 Å². The van der Waals surface area contributed by atoms with Crippen LogP contribution in [0.1, 0.15) is 42.8 Å². The topological polar surface area (TPSA) is 53.8 Å². The summed E-state index contributed by atoms with van der Waals surface area (Å²) in [6, 6.07) is 8.76. The van der Waals surface area contributed by atoms with Crippen LogP contribution in [0.2, 0.25) is 0 Å². The second-order valence-electron chi connectivity index (χ2n) is 7.91. The molecular weight excluding hydrogens is 364 g/mol. The highest BCUT2D eigenvalue weighted by Gasteiger charge is 2.27. The number of aliphatic hydroxyl groups is 1. The van der Waals surface area contributed by atoms with Gasteiger partial charge < -0.3 is 9.84 Å². The van der Waals surface area contributed by atoms with Gasteiger partial charge in [0.25, 0.3) is 0 Å². The molecule has 3 rings (SSSR count). The molecule has 2 heterocycles. The van der Waals surface area contributed by atoms with E-state index in [0.717, 1.165) is 57.1 Å². The van der Waals surface area contributed by atoms with Crippen molar-refractivity contribution in [3.05, 3.63) is 46.8 Å². The number of hydrogen-bond acceptors (Lipinski definition) is 5. The van der Waals surface area contributed by atoms with Crippen LogP contribution in [0.15, 0.2) is 24.3 Å². The molecule has 0 radical (unpaired) electrons. The molecule has 0 aliphatic carbocycles. The van der Waals surface area contributed by atoms with Gasteiger partial charge in [-0.1, -0.05) is 12.1 Å². The molecule has 1 N–H and O–H groups in total. The van der Waals surface area contributed by atoms with E-state index in [4.69, 9.17) is 4.74 Å². The summed E-state index contributed by atoms with van der Waals surface area (Å²) < 4.78 is 7.65. The van der Waals surface area contributed by atoms with Crippen molar-refractivity contribution in [2.45, 2.75) is 59.8 Å². The molecule has 6 nitrogen and oxygen atoms in total. The molecule has 0 amide bonds. The third-order valence-electron chi connectivity index (χ3n) is 5.98. The molecule has 0 bridgehead atoms. The first-order valence-corrected chi connectivity index (χ1v) is 10.9. The number of aryl methyl sites for hydroxylation is 2. The molecule has 1 fully saturated rings. The lowest BCUT2D eigenvalue weighted by molar-refractivity contribution is 0.0498. The van der Waals surface area contributed by atoms with E-state index in [-0.39, 0.29) is 6.61 Å². The fourth-order valence-electron chi connectivity index (χ4n) is 4.32. The number of aliphatic hydroxyl groups excluding tert-OH is 1. The molecule has 2 aromatic rings. The van der Waals surface area contributed by atoms with Crippen LogP contribution < -0.4 is 4.74 Å². The summed E-state index contributed by atoms with van der Waals surface area (Å²) in [7, 11) is 0. The van der Waals surface area contributed by atoms with Gasteiger partial charge in [-0.2, -0.15) is 5.10 Å². The number of nitrogens with zero attached hydrogens (tertiary/aromatic N) is 4. The van der Waals surface area contributed by atoms with Gasteiger partial charge in [0, 0.05) is 63.2 Å². The summed E-state index contributed by atoms with van der Waals surface area (Å²) in [4.78, 5) is 5.03. The molecule has 1 aliphatic heterocycles. The fraction of sp³-hybridized carbons (Fsp3) is 0.609. The van der Waals surface area contributed by atoms with Crippen molar-refractivity contribution in [2.24, 2.45) is 0 Å². The number of rotatable bonds is 9. The van der Waals surface area contributed by atoms with Gasteiger partial charge in [-0.3, -0.25) is 14.5 Å². The zero-order chi connectivity index (χ0) is 20.8. The molecule has 160 valence electrons. The molecule has 29 heavy (non-hydrogen) atoms. The minimum Gasteiger partial charge on any atom is -0.494 e. The van der Waals surface area contributed by atoms with E-state index in [1.54, 1.807) is 0 Å². The van der Waals surface area contributed by atoms with Crippen LogP contribution in [0, 0.1) is 13.8 Å². The maximum absolute atomic E-state index is 9.62. The van der Waals surface area contributed by atoms with Gasteiger partial charge in [-0.15, -0.1) is 0 Å². The lowest BCUT2D eigenvalue weighted by Crippen LogP contribution is -2.52. The Bertz CT molecular complexity index is 772. The monoisotopic (exact) mass is 400 g/mol. The number of aromatic nitrogens is 2. The summed E-state index contributed by atoms with van der Waals surface area (Å²) in [6.07, 6.45) is 0.805. The smallest absolute Gasteiger partial charge is 0.119 e. The zero-order valence-electron chi connectivity index (χ0n) is 18.4. The first kappa shape index (κ1) is 21.8. The predicted octanol–water partition coefficient (Wildman–Crippen LogP) is 2.99. The molecule has 1 aliphatic rings. The van der Waals surface area contributed by atoms with Crippen LogP contribution in [-0.4, -0.2) is 63.6 Å². The largest absolute Gasteiger partial charge is 0.494 e. The Labute approximate surface area is 175 Å². The van der Waals surface area contributed by atoms with Crippen molar-refractivity contribution in [3.8, 4) is 5.75 Å². The average Bonchev–Trinajstić information content (AvgIpc) is 2.99. The quantitative estimate of drug-likeness (QED) is 0.701. The van der Waals surface area contributed by atoms with Crippen molar-refractivity contribution in [3.63, 3.8) is 0 Å². The SMILES string of the molecule is CCOc1ccc(CN2CCN(Cc3c(C)nn(CC)c3C)C[C@@H]2CCO)cc1. The highest BCUT2D eigenvalue weighted by atomic mass is 16.5. The van der Waals surface area contributed by atoms with Crippen molar-refractivity contribution in [2.75, 3.05) is 32.8 Å². The van der Waals surface area contributed by atoms with Gasteiger partial charge in [-0.05, 0) is 51.8 Å². The summed E-state index contributed by atoms with van der Waals surface area (Å²) in [5.41, 5.74) is 5.07. The molecule has 1 atom stereocenters. The molecule has 0 spiro atoms. The Morgan fingerprint density at radius 2 is 1.86 bits per heavy atom. The van der Waals surface area contributed by atoms with Gasteiger partial charge in [0.15, 0.2) is 0 Å². The molecule has 0 unspecified atom stereocenters. The summed E-state index contributed by atoms with van der Waals surface area (Å²) in [6.45, 7) is 15.1. The minimum absolute atomic E-state index is 0.226. The lowest BCUT2D eigenvalue weighted by Gasteiger charge is -2.41. The maximum Gasteiger partial charge on any atom is 0.119 e. The van der Waals surface area contributed by atoms with Gasteiger partial charge in [0.1, 0.15) is 5.75 Å². The number of benzene rings is 1. The lowest BCUT2D eigenvalue weighted by atomic mass is 10.1. The van der Waals surface area contributed by atoms with Gasteiger partial charge >= 0.3 is 0 Å². The second kappa shape index (κ2) is 10.2. The molecule has 0 saturated carbocycles. The van der Waals surface area contributed by atoms with Gasteiger partial charge in [0.2, 0.25) is 0 Å². The molecule has 1 saturated heterocycles. The van der Waals surface area contributed by atoms with Crippen molar-refractivity contribution in [1.82, 2.24) is 19.6 Å². The van der Waals surface area contributed by atoms with E-state index < -0.39 is 0 Å². The third kappa shape index (κ3) is 5.38. The van der Waals surface area contributed by atoms with Crippen molar-refractivity contribution >= 4 is 0 Å². The summed E-state index contributed by atoms with van der Waals surface area (Å²) >= 11 is 0. The van der Waals surface area contributed by atoms with Crippen molar-refractivity contribution < 1.29 is 9.84 Å². The van der Waals surface area contributed by atoms with Crippen LogP contribution in [0.5, 0.6) is 5.75 Å². The van der Waals surface area contributed by atoms with E-state index in [9.17, 15) is 5.11 Å². The molecular formula is C23H36N4O2. The Morgan fingerprint density at radius 3 is 2.48 bits per heavy atom. The Hall–Kier alpha value is -1.89. The van der Waals surface area contributed by atoms with E-state index in [0.29, 0.717) is 12.6 Å². The molecule has 1 aromatic heterocycles. The first-order valence-electron chi connectivity index (χ1n) is 10.9. The van der Waals surface area contributed by atoms with Crippen LogP contribution in [0.3, 0.4) is 0 Å². The van der Waals surface area contributed by atoms with Gasteiger partial charge in [0.05, 0.1) is 12.3 Å². The average molecular weight is 401 g/mol. The molecule has 6 heteroatoms. The Kier molecular flexibility index (Phi) is 7.70. The van der Waals surface area contributed by atoms with Crippen molar-refractivity contribution in [1.29, 1.82) is 0 Å². The van der Waals surface area contributed by atoms with E-state index in [2.05, 4.69) is 52.5 Å². The van der Waals surface area contributed by atoms with E-state index in [1.807, 2.05) is 19.1 Å². The minimum atomic E-state index is 0.226. The third-order valence-corrected chi connectivity index (χ3v) is 5.98. The normalized spacial score (nSPS) is 18.3. The number of hydrogen-bond donors (Lipinski definition) is 1. The number of ether oxygens (including phenoxy) is 1. The maximum atomic E-state index is 9.62. The van der Waals surface area contributed by atoms with E-state index >= 15 is 0 Å². The summed E-state index contributed by atoms with van der Waals surface area (Å²) in [5.74, 6) is 0.923. The Balaban J connectivity index is 1.64. The second-order valence-corrected chi connectivity index (χ2v) is 7.91. The zero-order valence-corrected chi connectivity index (χ0v) is 18.4. The van der Waals surface area contributed by atoms with Crippen LogP contribution in [0.4, 0.5) is 0 Å². The standard InChI is InChI=1S/C23H36N4O2/c1-5-27-19(4)23(18(3)24-27)17-25-12-13-26(21(16-25)11-14-28)15-20-7-9-22(10-8-20)29-6-2/h7-10,21,28H,5-6,11-17H2,1-4H3/t21-/m0/s1. The fourth-order valence-corrected chi connectivity index (χ4v) is 4.32. The Morgan fingerprint density at radius 1 is 1.10 bits per heavy atom. The number of piperazine rings is 1. The highest BCUT2D eigenvalue weighted by Crippen LogP contribution is 2.22. The summed E-state index contributed by atoms with van der Waals surface area (Å²) in [5, 5.41) is 14.3. The van der Waals surface area contributed by atoms with E-state index in [1.165, 1.54) is 16.8 Å².